The van der Waals surface area contributed by atoms with Crippen LogP contribution in [0.3, 0.4) is 0 Å². The quantitative estimate of drug-likeness (QED) is 0.735. The number of ether oxygens (including phenoxy) is 2. The van der Waals surface area contributed by atoms with E-state index >= 15 is 0 Å². The zero-order valence-electron chi connectivity index (χ0n) is 13.5. The Morgan fingerprint density at radius 1 is 1.48 bits per heavy atom. The van der Waals surface area contributed by atoms with Crippen LogP contribution in [0, 0.1) is 0 Å². The third-order valence-corrected chi connectivity index (χ3v) is 4.01. The van der Waals surface area contributed by atoms with Crippen LogP contribution in [-0.4, -0.2) is 61.6 Å². The number of hydrogen-bond donors (Lipinski definition) is 1. The van der Waals surface area contributed by atoms with Crippen LogP contribution in [0.1, 0.15) is 19.5 Å². The van der Waals surface area contributed by atoms with Crippen molar-refractivity contribution in [2.45, 2.75) is 39.1 Å². The van der Waals surface area contributed by atoms with Gasteiger partial charge in [-0.25, -0.2) is 0 Å². The third-order valence-electron chi connectivity index (χ3n) is 4.01. The van der Waals surface area contributed by atoms with Crippen LogP contribution in [0.15, 0.2) is 18.3 Å². The summed E-state index contributed by atoms with van der Waals surface area (Å²) >= 11 is 0. The van der Waals surface area contributed by atoms with E-state index in [0.29, 0.717) is 6.04 Å². The number of methoxy groups -OCH3 is 1. The number of morpholine rings is 1. The minimum absolute atomic E-state index is 0.284. The molecule has 0 bridgehead atoms. The second kappa shape index (κ2) is 8.54. The van der Waals surface area contributed by atoms with Crippen molar-refractivity contribution in [2.24, 2.45) is 0 Å². The molecule has 2 rings (SSSR count). The predicted octanol–water partition coefficient (Wildman–Crippen LogP) is 1.33. The Morgan fingerprint density at radius 2 is 2.33 bits per heavy atom. The maximum Gasteiger partial charge on any atom is 0.0881 e. The van der Waals surface area contributed by atoms with E-state index in [1.54, 1.807) is 7.11 Å². The van der Waals surface area contributed by atoms with Crippen molar-refractivity contribution in [3.05, 3.63) is 24.0 Å². The van der Waals surface area contributed by atoms with Crippen LogP contribution in [-0.2, 0) is 22.6 Å². The van der Waals surface area contributed by atoms with Crippen molar-refractivity contribution in [3.63, 3.8) is 0 Å². The first-order valence-electron chi connectivity index (χ1n) is 7.90. The van der Waals surface area contributed by atoms with Crippen molar-refractivity contribution in [1.29, 1.82) is 0 Å². The van der Waals surface area contributed by atoms with Gasteiger partial charge in [0, 0.05) is 57.8 Å². The van der Waals surface area contributed by atoms with Crippen LogP contribution in [0.2, 0.25) is 0 Å². The molecule has 0 radical (unpaired) electrons. The Hall–Kier alpha value is -0.880. The lowest BCUT2D eigenvalue weighted by Crippen LogP contribution is -2.47. The van der Waals surface area contributed by atoms with Crippen molar-refractivity contribution >= 4 is 0 Å². The summed E-state index contributed by atoms with van der Waals surface area (Å²) in [6.07, 6.45) is 2.43. The lowest BCUT2D eigenvalue weighted by molar-refractivity contribution is -0.0458. The molecular weight excluding hydrogens is 266 g/mol. The molecular formula is C16H29N3O2. The molecule has 5 heteroatoms. The Morgan fingerprint density at radius 3 is 3.10 bits per heavy atom. The molecule has 21 heavy (non-hydrogen) atoms. The van der Waals surface area contributed by atoms with Crippen LogP contribution in [0.5, 0.6) is 0 Å². The number of aromatic nitrogens is 1. The number of rotatable bonds is 8. The monoisotopic (exact) mass is 295 g/mol. The smallest absolute Gasteiger partial charge is 0.0881 e. The second-order valence-electron chi connectivity index (χ2n) is 5.90. The maximum atomic E-state index is 5.93. The van der Waals surface area contributed by atoms with Gasteiger partial charge < -0.3 is 19.4 Å². The van der Waals surface area contributed by atoms with Gasteiger partial charge in [-0.3, -0.25) is 4.90 Å². The first kappa shape index (κ1) is 16.5. The first-order chi connectivity index (χ1) is 10.2. The van der Waals surface area contributed by atoms with Crippen molar-refractivity contribution in [2.75, 3.05) is 40.0 Å². The summed E-state index contributed by atoms with van der Waals surface area (Å²) in [4.78, 5) is 2.49. The predicted molar refractivity (Wildman–Crippen MR) is 84.5 cm³/mol. The fraction of sp³-hybridized carbons (Fsp3) is 0.750. The molecule has 1 saturated heterocycles. The largest absolute Gasteiger partial charge is 0.383 e. The van der Waals surface area contributed by atoms with Crippen molar-refractivity contribution < 1.29 is 9.47 Å². The Labute approximate surface area is 128 Å². The first-order valence-corrected chi connectivity index (χ1v) is 7.90. The highest BCUT2D eigenvalue weighted by atomic mass is 16.5. The van der Waals surface area contributed by atoms with Crippen LogP contribution in [0.25, 0.3) is 0 Å². The number of nitrogens with zero attached hydrogens (tertiary/aromatic N) is 2. The normalized spacial score (nSPS) is 20.3. The minimum atomic E-state index is 0.284. The molecule has 5 nitrogen and oxygen atoms in total. The highest BCUT2D eigenvalue weighted by molar-refractivity contribution is 5.07. The molecule has 1 N–H and O–H groups in total. The number of nitrogens with one attached hydrogen (secondary N) is 1. The van der Waals surface area contributed by atoms with E-state index in [9.17, 15) is 0 Å². The van der Waals surface area contributed by atoms with E-state index in [1.165, 1.54) is 5.69 Å². The van der Waals surface area contributed by atoms with Gasteiger partial charge in [0.25, 0.3) is 0 Å². The van der Waals surface area contributed by atoms with Crippen molar-refractivity contribution in [3.8, 4) is 0 Å². The summed E-state index contributed by atoms with van der Waals surface area (Å²) in [5.41, 5.74) is 1.30. The summed E-state index contributed by atoms with van der Waals surface area (Å²) in [5.74, 6) is 0. The maximum absolute atomic E-state index is 5.93. The lowest BCUT2D eigenvalue weighted by Gasteiger charge is -2.35. The molecule has 1 aromatic rings. The van der Waals surface area contributed by atoms with E-state index < -0.39 is 0 Å². The van der Waals surface area contributed by atoms with Gasteiger partial charge in [0.15, 0.2) is 0 Å². The molecule has 1 fully saturated rings. The van der Waals surface area contributed by atoms with E-state index in [4.69, 9.17) is 9.47 Å². The standard InChI is InChI=1S/C16H29N3O2/c1-14(2)18-8-10-21-16(12-18)13-19-7-4-5-15(19)11-17-6-9-20-3/h4-5,7,14,16-17H,6,8-13H2,1-3H3. The highest BCUT2D eigenvalue weighted by Crippen LogP contribution is 2.12. The Kier molecular flexibility index (Phi) is 6.70. The number of hydrogen-bond acceptors (Lipinski definition) is 4. The molecule has 0 aliphatic carbocycles. The van der Waals surface area contributed by atoms with Crippen LogP contribution < -0.4 is 5.32 Å². The molecule has 1 atom stereocenters. The molecule has 1 aliphatic rings. The van der Waals surface area contributed by atoms with Crippen LogP contribution >= 0.6 is 0 Å². The van der Waals surface area contributed by atoms with Gasteiger partial charge in [0.2, 0.25) is 0 Å². The fourth-order valence-corrected chi connectivity index (χ4v) is 2.72. The van der Waals surface area contributed by atoms with Crippen molar-refractivity contribution in [1.82, 2.24) is 14.8 Å². The molecule has 1 aliphatic heterocycles. The van der Waals surface area contributed by atoms with Gasteiger partial charge in [-0.15, -0.1) is 0 Å². The molecule has 0 saturated carbocycles. The molecule has 2 heterocycles. The van der Waals surface area contributed by atoms with E-state index in [2.05, 4.69) is 47.0 Å². The molecule has 0 spiro atoms. The van der Waals surface area contributed by atoms with Gasteiger partial charge in [0.1, 0.15) is 0 Å². The third kappa shape index (κ3) is 5.11. The Balaban J connectivity index is 1.83. The van der Waals surface area contributed by atoms with Crippen LogP contribution in [0.4, 0.5) is 0 Å². The van der Waals surface area contributed by atoms with Gasteiger partial charge in [0.05, 0.1) is 19.3 Å². The van der Waals surface area contributed by atoms with Gasteiger partial charge in [-0.05, 0) is 26.0 Å². The zero-order valence-corrected chi connectivity index (χ0v) is 13.5. The average Bonchev–Trinajstić information content (AvgIpc) is 2.91. The van der Waals surface area contributed by atoms with Gasteiger partial charge in [-0.2, -0.15) is 0 Å². The Bertz CT molecular complexity index is 406. The highest BCUT2D eigenvalue weighted by Gasteiger charge is 2.22. The second-order valence-corrected chi connectivity index (χ2v) is 5.90. The van der Waals surface area contributed by atoms with Gasteiger partial charge in [-0.1, -0.05) is 0 Å². The SMILES string of the molecule is COCCNCc1cccn1CC1CN(C(C)C)CCO1. The summed E-state index contributed by atoms with van der Waals surface area (Å²) < 4.78 is 13.3. The molecule has 1 unspecified atom stereocenters. The van der Waals surface area contributed by atoms with Gasteiger partial charge >= 0.3 is 0 Å². The van der Waals surface area contributed by atoms with E-state index in [-0.39, 0.29) is 6.10 Å². The molecule has 0 amide bonds. The molecule has 0 aromatic carbocycles. The summed E-state index contributed by atoms with van der Waals surface area (Å²) in [6, 6.07) is 4.87. The summed E-state index contributed by atoms with van der Waals surface area (Å²) in [7, 11) is 1.73. The summed E-state index contributed by atoms with van der Waals surface area (Å²) in [6.45, 7) is 10.8. The fourth-order valence-electron chi connectivity index (χ4n) is 2.72. The minimum Gasteiger partial charge on any atom is -0.383 e. The molecule has 1 aromatic heterocycles. The topological polar surface area (TPSA) is 38.7 Å². The molecule has 120 valence electrons. The van der Waals surface area contributed by atoms with E-state index in [1.807, 2.05) is 0 Å². The zero-order chi connectivity index (χ0) is 15.1. The average molecular weight is 295 g/mol. The lowest BCUT2D eigenvalue weighted by atomic mass is 10.2. The summed E-state index contributed by atoms with van der Waals surface area (Å²) in [5, 5.41) is 3.40. The van der Waals surface area contributed by atoms with E-state index in [0.717, 1.165) is 45.9 Å².